The lowest BCUT2D eigenvalue weighted by Crippen LogP contribution is -2.28. The predicted octanol–water partition coefficient (Wildman–Crippen LogP) is 15.7. The summed E-state index contributed by atoms with van der Waals surface area (Å²) in [4.78, 5) is 2.38. The molecule has 1 nitrogen and oxygen atoms in total. The van der Waals surface area contributed by atoms with Crippen LogP contribution in [0.2, 0.25) is 0 Å². The zero-order valence-electron chi connectivity index (χ0n) is 33.1. The van der Waals surface area contributed by atoms with Crippen molar-refractivity contribution in [2.75, 3.05) is 4.90 Å². The Morgan fingerprint density at radius 2 is 0.733 bits per heavy atom. The molecule has 0 unspecified atom stereocenters. The van der Waals surface area contributed by atoms with E-state index in [9.17, 15) is 0 Å². The van der Waals surface area contributed by atoms with Gasteiger partial charge in [-0.1, -0.05) is 206 Å². The topological polar surface area (TPSA) is 3.24 Å². The third-order valence-electron chi connectivity index (χ3n) is 12.3. The molecule has 10 aromatic rings. The molecule has 1 aliphatic carbocycles. The fourth-order valence-corrected chi connectivity index (χ4v) is 9.60. The van der Waals surface area contributed by atoms with E-state index >= 15 is 0 Å². The summed E-state index contributed by atoms with van der Waals surface area (Å²) in [6.07, 6.45) is 0. The molecule has 0 fully saturated rings. The van der Waals surface area contributed by atoms with Crippen molar-refractivity contribution in [3.8, 4) is 44.5 Å². The van der Waals surface area contributed by atoms with Crippen LogP contribution >= 0.6 is 0 Å². The van der Waals surface area contributed by atoms with Crippen molar-refractivity contribution in [1.29, 1.82) is 0 Å². The molecule has 1 aliphatic rings. The number of anilines is 3. The number of benzene rings is 10. The lowest BCUT2D eigenvalue weighted by Gasteiger charge is -2.34. The van der Waals surface area contributed by atoms with Gasteiger partial charge in [0.1, 0.15) is 0 Å². The highest BCUT2D eigenvalue weighted by atomic mass is 15.1. The molecule has 0 bridgehead atoms. The van der Waals surface area contributed by atoms with E-state index in [0.717, 1.165) is 17.1 Å². The minimum Gasteiger partial charge on any atom is -0.310 e. The van der Waals surface area contributed by atoms with Gasteiger partial charge in [-0.2, -0.15) is 0 Å². The largest absolute Gasteiger partial charge is 0.310 e. The van der Waals surface area contributed by atoms with Gasteiger partial charge in [0.15, 0.2) is 0 Å². The molecule has 1 heteroatoms. The minimum atomic E-state index is -0.438. The minimum absolute atomic E-state index is 0.438. The van der Waals surface area contributed by atoms with Crippen LogP contribution < -0.4 is 4.90 Å². The Hall–Kier alpha value is -7.74. The van der Waals surface area contributed by atoms with Crippen molar-refractivity contribution < 1.29 is 0 Å². The van der Waals surface area contributed by atoms with Crippen LogP contribution in [0.5, 0.6) is 0 Å². The lowest BCUT2D eigenvalue weighted by molar-refractivity contribution is 0.768. The Morgan fingerprint density at radius 3 is 1.40 bits per heavy atom. The van der Waals surface area contributed by atoms with Gasteiger partial charge in [0.25, 0.3) is 0 Å². The van der Waals surface area contributed by atoms with Gasteiger partial charge < -0.3 is 4.90 Å². The number of rotatable bonds is 8. The van der Waals surface area contributed by atoms with E-state index < -0.39 is 5.41 Å². The second kappa shape index (κ2) is 14.9. The Morgan fingerprint density at radius 1 is 0.267 bits per heavy atom. The summed E-state index contributed by atoms with van der Waals surface area (Å²) >= 11 is 0. The summed E-state index contributed by atoms with van der Waals surface area (Å²) in [5.41, 5.74) is 17.9. The van der Waals surface area contributed by atoms with Crippen LogP contribution in [0, 0.1) is 0 Å². The standard InChI is InChI=1S/C59H41N/c1-4-16-42(17-5-1)46-20-14-21-47(40-46)44-30-35-51(36-31-44)60(53-39-32-43-18-10-11-19-48(43)41-53)52-37-33-45(34-38-52)54-27-15-29-57-58(54)55-26-12-13-28-56(55)59(57,49-22-6-2-7-23-49)50-24-8-3-9-25-50/h1-41H. The molecule has 0 saturated carbocycles. The molecule has 10 aromatic carbocycles. The molecule has 11 rings (SSSR count). The average Bonchev–Trinajstić information content (AvgIpc) is 3.64. The van der Waals surface area contributed by atoms with Crippen LogP contribution in [0.3, 0.4) is 0 Å². The van der Waals surface area contributed by atoms with Gasteiger partial charge in [-0.25, -0.2) is 0 Å². The smallest absolute Gasteiger partial charge is 0.0713 e. The van der Waals surface area contributed by atoms with Gasteiger partial charge in [0.2, 0.25) is 0 Å². The van der Waals surface area contributed by atoms with Crippen LogP contribution in [0.15, 0.2) is 249 Å². The van der Waals surface area contributed by atoms with Crippen LogP contribution in [0.4, 0.5) is 17.1 Å². The first-order chi connectivity index (χ1) is 29.8. The van der Waals surface area contributed by atoms with E-state index in [0.29, 0.717) is 0 Å². The third-order valence-corrected chi connectivity index (χ3v) is 12.3. The number of hydrogen-bond donors (Lipinski definition) is 0. The zero-order chi connectivity index (χ0) is 39.9. The molecule has 0 heterocycles. The molecule has 282 valence electrons. The molecule has 0 N–H and O–H groups in total. The summed E-state index contributed by atoms with van der Waals surface area (Å²) in [5.74, 6) is 0. The van der Waals surface area contributed by atoms with Gasteiger partial charge in [-0.15, -0.1) is 0 Å². The van der Waals surface area contributed by atoms with E-state index in [1.807, 2.05) is 0 Å². The van der Waals surface area contributed by atoms with Crippen molar-refractivity contribution in [3.05, 3.63) is 271 Å². The van der Waals surface area contributed by atoms with E-state index in [-0.39, 0.29) is 0 Å². The zero-order valence-corrected chi connectivity index (χ0v) is 33.1. The Labute approximate surface area is 352 Å². The average molecular weight is 764 g/mol. The second-order valence-corrected chi connectivity index (χ2v) is 15.7. The molecule has 0 radical (unpaired) electrons. The van der Waals surface area contributed by atoms with Gasteiger partial charge in [-0.3, -0.25) is 0 Å². The second-order valence-electron chi connectivity index (χ2n) is 15.7. The molecule has 0 saturated heterocycles. The van der Waals surface area contributed by atoms with E-state index in [4.69, 9.17) is 0 Å². The molecule has 0 amide bonds. The van der Waals surface area contributed by atoms with Crippen molar-refractivity contribution in [2.45, 2.75) is 5.41 Å². The summed E-state index contributed by atoms with van der Waals surface area (Å²) in [6.45, 7) is 0. The maximum absolute atomic E-state index is 2.38. The first-order valence-corrected chi connectivity index (χ1v) is 20.8. The predicted molar refractivity (Wildman–Crippen MR) is 252 cm³/mol. The molecular formula is C59H41N. The fourth-order valence-electron chi connectivity index (χ4n) is 9.60. The highest BCUT2D eigenvalue weighted by molar-refractivity contribution is 5.96. The Bertz CT molecular complexity index is 3070. The number of hydrogen-bond acceptors (Lipinski definition) is 1. The number of nitrogens with zero attached hydrogens (tertiary/aromatic N) is 1. The van der Waals surface area contributed by atoms with Gasteiger partial charge >= 0.3 is 0 Å². The van der Waals surface area contributed by atoms with Gasteiger partial charge in [0, 0.05) is 17.1 Å². The van der Waals surface area contributed by atoms with Crippen LogP contribution in [-0.2, 0) is 5.41 Å². The van der Waals surface area contributed by atoms with Crippen molar-refractivity contribution >= 4 is 27.8 Å². The maximum atomic E-state index is 2.38. The van der Waals surface area contributed by atoms with Crippen LogP contribution in [-0.4, -0.2) is 0 Å². The van der Waals surface area contributed by atoms with Crippen molar-refractivity contribution in [2.24, 2.45) is 0 Å². The van der Waals surface area contributed by atoms with Gasteiger partial charge in [-0.05, 0) is 120 Å². The molecule has 0 atom stereocenters. The van der Waals surface area contributed by atoms with Crippen molar-refractivity contribution in [3.63, 3.8) is 0 Å². The van der Waals surface area contributed by atoms with E-state index in [2.05, 4.69) is 254 Å². The lowest BCUT2D eigenvalue weighted by atomic mass is 9.67. The number of fused-ring (bicyclic) bond motifs is 4. The highest BCUT2D eigenvalue weighted by Crippen LogP contribution is 2.58. The summed E-state index contributed by atoms with van der Waals surface area (Å²) < 4.78 is 0. The monoisotopic (exact) mass is 763 g/mol. The summed E-state index contributed by atoms with van der Waals surface area (Å²) in [5, 5.41) is 2.44. The normalized spacial score (nSPS) is 12.5. The van der Waals surface area contributed by atoms with Crippen molar-refractivity contribution in [1.82, 2.24) is 0 Å². The first-order valence-electron chi connectivity index (χ1n) is 20.8. The van der Waals surface area contributed by atoms with Crippen LogP contribution in [0.25, 0.3) is 55.3 Å². The maximum Gasteiger partial charge on any atom is 0.0713 e. The van der Waals surface area contributed by atoms with E-state index in [1.54, 1.807) is 0 Å². The van der Waals surface area contributed by atoms with Crippen LogP contribution in [0.1, 0.15) is 22.3 Å². The SMILES string of the molecule is c1ccc(-c2cccc(-c3ccc(N(c4ccc(-c5cccc6c5-c5ccccc5C6(c5ccccc5)c5ccccc5)cc4)c4ccc5ccccc5c4)cc3)c2)cc1. The molecule has 0 aromatic heterocycles. The first kappa shape index (κ1) is 35.4. The fraction of sp³-hybridized carbons (Fsp3) is 0.0169. The van der Waals surface area contributed by atoms with Gasteiger partial charge in [0.05, 0.1) is 5.41 Å². The molecule has 0 aliphatic heterocycles. The molecule has 0 spiro atoms. The van der Waals surface area contributed by atoms with E-state index in [1.165, 1.54) is 77.5 Å². The quantitative estimate of drug-likeness (QED) is 0.149. The summed E-state index contributed by atoms with van der Waals surface area (Å²) in [6, 6.07) is 90.9. The third kappa shape index (κ3) is 5.94. The Balaban J connectivity index is 1.02. The Kier molecular flexibility index (Phi) is 8.79. The summed E-state index contributed by atoms with van der Waals surface area (Å²) in [7, 11) is 0. The molecule has 60 heavy (non-hydrogen) atoms. The highest BCUT2D eigenvalue weighted by Gasteiger charge is 2.46. The molecular weight excluding hydrogens is 723 g/mol.